The molecule has 0 aliphatic carbocycles. The Balaban J connectivity index is 3.19. The van der Waals surface area contributed by atoms with Crippen LogP contribution >= 0.6 is 11.6 Å². The van der Waals surface area contributed by atoms with Gasteiger partial charge < -0.3 is 16.8 Å². The number of halogens is 2. The molecule has 12 heavy (non-hydrogen) atoms. The molecule has 74 valence electrons. The zero-order chi connectivity index (χ0) is 9.45. The van der Waals surface area contributed by atoms with Crippen molar-refractivity contribution < 1.29 is 4.39 Å². The van der Waals surface area contributed by atoms with E-state index in [4.69, 9.17) is 23.1 Å². The maximum Gasteiger partial charge on any atom is 0.207 e. The largest absolute Gasteiger partial charge is 0.330 e. The number of hydrogen-bond acceptors (Lipinski definition) is 3. The molecule has 0 rings (SSSR count). The molecular weight excluding hydrogens is 181 g/mol. The third-order valence-corrected chi connectivity index (χ3v) is 1.78. The third kappa shape index (κ3) is 6.79. The molecule has 1 unspecified atom stereocenters. The van der Waals surface area contributed by atoms with Gasteiger partial charge in [0.05, 0.1) is 0 Å². The average molecular weight is 198 g/mol. The Morgan fingerprint density at radius 2 is 2.00 bits per heavy atom. The summed E-state index contributed by atoms with van der Waals surface area (Å²) in [5, 5.41) is 1.07. The summed E-state index contributed by atoms with van der Waals surface area (Å²) in [4.78, 5) is 0. The van der Waals surface area contributed by atoms with Crippen molar-refractivity contribution in [1.82, 2.24) is 5.32 Å². The highest BCUT2D eigenvalue weighted by Gasteiger charge is 2.22. The van der Waals surface area contributed by atoms with E-state index in [0.717, 1.165) is 19.4 Å². The van der Waals surface area contributed by atoms with Crippen LogP contribution in [0.1, 0.15) is 12.8 Å². The second kappa shape index (κ2) is 6.60. The first kappa shape index (κ1) is 12.1. The van der Waals surface area contributed by atoms with Crippen LogP contribution in [0.5, 0.6) is 0 Å². The monoisotopic (exact) mass is 197 g/mol. The Kier molecular flexibility index (Phi) is 6.65. The average Bonchev–Trinajstić information content (AvgIpc) is 2.04. The van der Waals surface area contributed by atoms with Gasteiger partial charge in [0.1, 0.15) is 0 Å². The molecule has 0 aromatic heterocycles. The number of unbranched alkanes of at least 4 members (excludes halogenated alkanes) is 1. The molecule has 0 amide bonds. The van der Waals surface area contributed by atoms with Crippen LogP contribution in [0.3, 0.4) is 0 Å². The van der Waals surface area contributed by atoms with Crippen molar-refractivity contribution in [3.05, 3.63) is 0 Å². The second-order valence-corrected chi connectivity index (χ2v) is 3.41. The Morgan fingerprint density at radius 3 is 2.50 bits per heavy atom. The first-order chi connectivity index (χ1) is 5.62. The van der Waals surface area contributed by atoms with Gasteiger partial charge in [-0.25, -0.2) is 4.39 Å². The van der Waals surface area contributed by atoms with Crippen molar-refractivity contribution in [2.45, 2.75) is 18.0 Å². The lowest BCUT2D eigenvalue weighted by Gasteiger charge is -2.15. The molecule has 1 atom stereocenters. The maximum absolute atomic E-state index is 12.9. The summed E-state index contributed by atoms with van der Waals surface area (Å²) < 4.78 is 12.9. The van der Waals surface area contributed by atoms with Gasteiger partial charge in [-0.15, -0.1) is 0 Å². The SMILES string of the molecule is NCCCCNCC(F)(Cl)CN. The maximum atomic E-state index is 12.9. The van der Waals surface area contributed by atoms with Gasteiger partial charge in [0.2, 0.25) is 5.13 Å². The molecule has 0 fully saturated rings. The van der Waals surface area contributed by atoms with E-state index >= 15 is 0 Å². The highest BCUT2D eigenvalue weighted by atomic mass is 35.5. The van der Waals surface area contributed by atoms with Crippen LogP contribution in [-0.2, 0) is 0 Å². The van der Waals surface area contributed by atoms with Crippen LogP contribution in [0, 0.1) is 0 Å². The fraction of sp³-hybridized carbons (Fsp3) is 1.00. The second-order valence-electron chi connectivity index (χ2n) is 2.73. The molecule has 3 nitrogen and oxygen atoms in total. The van der Waals surface area contributed by atoms with Gasteiger partial charge in [0.15, 0.2) is 0 Å². The van der Waals surface area contributed by atoms with Crippen molar-refractivity contribution >= 4 is 11.6 Å². The number of rotatable bonds is 7. The van der Waals surface area contributed by atoms with Crippen LogP contribution in [-0.4, -0.2) is 31.3 Å². The molecule has 0 aliphatic heterocycles. The van der Waals surface area contributed by atoms with E-state index < -0.39 is 5.13 Å². The van der Waals surface area contributed by atoms with E-state index in [9.17, 15) is 4.39 Å². The van der Waals surface area contributed by atoms with E-state index in [0.29, 0.717) is 6.54 Å². The third-order valence-electron chi connectivity index (χ3n) is 1.49. The zero-order valence-electron chi connectivity index (χ0n) is 7.15. The smallest absolute Gasteiger partial charge is 0.207 e. The van der Waals surface area contributed by atoms with Gasteiger partial charge in [-0.05, 0) is 25.9 Å². The fourth-order valence-electron chi connectivity index (χ4n) is 0.738. The molecule has 0 saturated heterocycles. The lowest BCUT2D eigenvalue weighted by molar-refractivity contribution is 0.275. The molecular formula is C7H17ClFN3. The normalized spacial score (nSPS) is 16.0. The van der Waals surface area contributed by atoms with E-state index in [-0.39, 0.29) is 13.1 Å². The van der Waals surface area contributed by atoms with Gasteiger partial charge in [0.25, 0.3) is 0 Å². The van der Waals surface area contributed by atoms with Crippen molar-refractivity contribution in [1.29, 1.82) is 0 Å². The van der Waals surface area contributed by atoms with Crippen molar-refractivity contribution in [3.63, 3.8) is 0 Å². The molecule has 5 N–H and O–H groups in total. The number of hydrogen-bond donors (Lipinski definition) is 3. The van der Waals surface area contributed by atoms with Crippen molar-refractivity contribution in [3.8, 4) is 0 Å². The van der Waals surface area contributed by atoms with E-state index in [1.165, 1.54) is 0 Å². The zero-order valence-corrected chi connectivity index (χ0v) is 7.91. The highest BCUT2D eigenvalue weighted by molar-refractivity contribution is 6.23. The van der Waals surface area contributed by atoms with Crippen LogP contribution in [0.4, 0.5) is 4.39 Å². The fourth-order valence-corrected chi connectivity index (χ4v) is 0.832. The molecule has 0 aromatic carbocycles. The molecule has 0 spiro atoms. The molecule has 5 heteroatoms. The Labute approximate surface area is 77.6 Å². The summed E-state index contributed by atoms with van der Waals surface area (Å²) >= 11 is 5.35. The first-order valence-corrected chi connectivity index (χ1v) is 4.49. The number of nitrogens with one attached hydrogen (secondary N) is 1. The lowest BCUT2D eigenvalue weighted by atomic mass is 10.3. The van der Waals surface area contributed by atoms with Gasteiger partial charge in [0, 0.05) is 13.1 Å². The van der Waals surface area contributed by atoms with E-state index in [1.54, 1.807) is 0 Å². The van der Waals surface area contributed by atoms with Gasteiger partial charge in [-0.2, -0.15) is 0 Å². The number of nitrogens with two attached hydrogens (primary N) is 2. The van der Waals surface area contributed by atoms with Crippen molar-refractivity contribution in [2.75, 3.05) is 26.2 Å². The summed E-state index contributed by atoms with van der Waals surface area (Å²) in [7, 11) is 0. The lowest BCUT2D eigenvalue weighted by Crippen LogP contribution is -2.38. The molecule has 0 aromatic rings. The predicted molar refractivity (Wildman–Crippen MR) is 49.9 cm³/mol. The summed E-state index contributed by atoms with van der Waals surface area (Å²) in [5.41, 5.74) is 10.4. The van der Waals surface area contributed by atoms with Gasteiger partial charge in [-0.1, -0.05) is 11.6 Å². The molecule has 0 radical (unpaired) electrons. The Hall–Kier alpha value is 0.1000. The summed E-state index contributed by atoms with van der Waals surface area (Å²) in [6.07, 6.45) is 1.88. The standard InChI is InChI=1S/C7H17ClFN3/c8-7(9,5-11)6-12-4-2-1-3-10/h12H,1-6,10-11H2. The first-order valence-electron chi connectivity index (χ1n) is 4.11. The van der Waals surface area contributed by atoms with Crippen LogP contribution < -0.4 is 16.8 Å². The summed E-state index contributed by atoms with van der Waals surface area (Å²) in [5.74, 6) is 0. The van der Waals surface area contributed by atoms with Crippen molar-refractivity contribution in [2.24, 2.45) is 11.5 Å². The minimum absolute atomic E-state index is 0.0929. The Bertz CT molecular complexity index is 111. The minimum Gasteiger partial charge on any atom is -0.330 e. The minimum atomic E-state index is -1.80. The molecule has 0 bridgehead atoms. The number of alkyl halides is 2. The van der Waals surface area contributed by atoms with Crippen LogP contribution in [0.2, 0.25) is 0 Å². The molecule has 0 saturated carbocycles. The van der Waals surface area contributed by atoms with Crippen LogP contribution in [0.25, 0.3) is 0 Å². The van der Waals surface area contributed by atoms with Crippen LogP contribution in [0.15, 0.2) is 0 Å². The molecule has 0 aliphatic rings. The van der Waals surface area contributed by atoms with E-state index in [2.05, 4.69) is 5.32 Å². The molecule has 0 heterocycles. The predicted octanol–water partition coefficient (Wildman–Crippen LogP) is 0.178. The topological polar surface area (TPSA) is 64.1 Å². The quantitative estimate of drug-likeness (QED) is 0.403. The highest BCUT2D eigenvalue weighted by Crippen LogP contribution is 2.12. The summed E-state index contributed by atoms with van der Waals surface area (Å²) in [6.45, 7) is 1.32. The Morgan fingerprint density at radius 1 is 1.33 bits per heavy atom. The van der Waals surface area contributed by atoms with E-state index in [1.807, 2.05) is 0 Å². The van der Waals surface area contributed by atoms with Gasteiger partial charge in [-0.3, -0.25) is 0 Å². The van der Waals surface area contributed by atoms with Gasteiger partial charge >= 0.3 is 0 Å². The summed E-state index contributed by atoms with van der Waals surface area (Å²) in [6, 6.07) is 0.